The van der Waals surface area contributed by atoms with Gasteiger partial charge in [-0.05, 0) is 18.6 Å². The van der Waals surface area contributed by atoms with E-state index in [1.54, 1.807) is 0 Å². The molecule has 0 saturated heterocycles. The molecule has 0 aliphatic heterocycles. The van der Waals surface area contributed by atoms with Gasteiger partial charge in [0.2, 0.25) is 5.91 Å². The molecule has 0 aromatic heterocycles. The van der Waals surface area contributed by atoms with Crippen LogP contribution in [0.4, 0.5) is 18.9 Å². The summed E-state index contributed by atoms with van der Waals surface area (Å²) in [5, 5.41) is 2.31. The molecule has 1 amide bonds. The standard InChI is InChI=1S/C13H17F3N2O/c1-2-5-9(8-17)12(19)18-11-7-4-3-6-10(11)13(14,15)16/h3-4,6-7,9H,2,5,8,17H2,1H3,(H,18,19). The van der Waals surface area contributed by atoms with E-state index in [-0.39, 0.29) is 12.2 Å². The van der Waals surface area contributed by atoms with Crippen molar-refractivity contribution in [3.05, 3.63) is 29.8 Å². The SMILES string of the molecule is CCCC(CN)C(=O)Nc1ccccc1C(F)(F)F. The maximum Gasteiger partial charge on any atom is 0.418 e. The van der Waals surface area contributed by atoms with Gasteiger partial charge in [-0.1, -0.05) is 25.5 Å². The molecular formula is C13H17F3N2O. The van der Waals surface area contributed by atoms with E-state index in [1.165, 1.54) is 18.2 Å². The summed E-state index contributed by atoms with van der Waals surface area (Å²) >= 11 is 0. The van der Waals surface area contributed by atoms with Gasteiger partial charge in [0.25, 0.3) is 0 Å². The summed E-state index contributed by atoms with van der Waals surface area (Å²) < 4.78 is 38.3. The third-order valence-corrected chi connectivity index (χ3v) is 2.78. The maximum atomic E-state index is 12.8. The largest absolute Gasteiger partial charge is 0.418 e. The summed E-state index contributed by atoms with van der Waals surface area (Å²) in [6.45, 7) is 2.01. The molecular weight excluding hydrogens is 257 g/mol. The van der Waals surface area contributed by atoms with Crippen LogP contribution in [0.25, 0.3) is 0 Å². The normalized spacial score (nSPS) is 13.1. The van der Waals surface area contributed by atoms with Gasteiger partial charge in [-0.3, -0.25) is 4.79 Å². The van der Waals surface area contributed by atoms with Gasteiger partial charge in [-0.2, -0.15) is 13.2 Å². The second-order valence-corrected chi connectivity index (χ2v) is 4.25. The summed E-state index contributed by atoms with van der Waals surface area (Å²) in [7, 11) is 0. The van der Waals surface area contributed by atoms with E-state index in [2.05, 4.69) is 5.32 Å². The van der Waals surface area contributed by atoms with E-state index in [0.29, 0.717) is 6.42 Å². The van der Waals surface area contributed by atoms with Gasteiger partial charge < -0.3 is 11.1 Å². The molecule has 0 spiro atoms. The van der Waals surface area contributed by atoms with E-state index in [4.69, 9.17) is 5.73 Å². The maximum absolute atomic E-state index is 12.8. The highest BCUT2D eigenvalue weighted by Gasteiger charge is 2.33. The van der Waals surface area contributed by atoms with Crippen LogP contribution in [0, 0.1) is 5.92 Å². The Morgan fingerprint density at radius 1 is 1.37 bits per heavy atom. The minimum Gasteiger partial charge on any atom is -0.330 e. The minimum absolute atomic E-state index is 0.119. The third-order valence-electron chi connectivity index (χ3n) is 2.78. The highest BCUT2D eigenvalue weighted by atomic mass is 19.4. The molecule has 1 aromatic carbocycles. The molecule has 3 nitrogen and oxygen atoms in total. The highest BCUT2D eigenvalue weighted by Crippen LogP contribution is 2.34. The molecule has 3 N–H and O–H groups in total. The Hall–Kier alpha value is -1.56. The molecule has 106 valence electrons. The topological polar surface area (TPSA) is 55.1 Å². The molecule has 1 atom stereocenters. The van der Waals surface area contributed by atoms with Crippen LogP contribution in [-0.2, 0) is 11.0 Å². The van der Waals surface area contributed by atoms with Crippen LogP contribution in [0.5, 0.6) is 0 Å². The first-order chi connectivity index (χ1) is 8.90. The lowest BCUT2D eigenvalue weighted by molar-refractivity contribution is -0.137. The molecule has 0 aliphatic rings. The monoisotopic (exact) mass is 274 g/mol. The number of carbonyl (C=O) groups excluding carboxylic acids is 1. The summed E-state index contributed by atoms with van der Waals surface area (Å²) in [5.41, 5.74) is 4.38. The Bertz CT molecular complexity index is 432. The van der Waals surface area contributed by atoms with Crippen molar-refractivity contribution in [1.29, 1.82) is 0 Å². The molecule has 0 fully saturated rings. The van der Waals surface area contributed by atoms with E-state index in [0.717, 1.165) is 12.5 Å². The fourth-order valence-electron chi connectivity index (χ4n) is 1.78. The smallest absolute Gasteiger partial charge is 0.330 e. The van der Waals surface area contributed by atoms with Crippen molar-refractivity contribution >= 4 is 11.6 Å². The minimum atomic E-state index is -4.49. The van der Waals surface area contributed by atoms with Crippen LogP contribution in [0.15, 0.2) is 24.3 Å². The molecule has 0 heterocycles. The third kappa shape index (κ3) is 4.24. The number of carbonyl (C=O) groups is 1. The van der Waals surface area contributed by atoms with Crippen LogP contribution < -0.4 is 11.1 Å². The lowest BCUT2D eigenvalue weighted by Gasteiger charge is -2.17. The molecule has 0 saturated carbocycles. The number of para-hydroxylation sites is 1. The molecule has 0 radical (unpaired) electrons. The van der Waals surface area contributed by atoms with Crippen LogP contribution in [-0.4, -0.2) is 12.5 Å². The average molecular weight is 274 g/mol. The number of benzene rings is 1. The number of hydrogen-bond acceptors (Lipinski definition) is 2. The first-order valence-corrected chi connectivity index (χ1v) is 6.07. The second-order valence-electron chi connectivity index (χ2n) is 4.25. The van der Waals surface area contributed by atoms with Gasteiger partial charge in [0.1, 0.15) is 0 Å². The molecule has 1 rings (SSSR count). The Labute approximate surface area is 110 Å². The summed E-state index contributed by atoms with van der Waals surface area (Å²) in [6, 6.07) is 4.90. The van der Waals surface area contributed by atoms with Crippen LogP contribution in [0.2, 0.25) is 0 Å². The molecule has 0 aliphatic carbocycles. The number of anilines is 1. The van der Waals surface area contributed by atoms with E-state index < -0.39 is 23.6 Å². The van der Waals surface area contributed by atoms with Crippen molar-refractivity contribution in [2.24, 2.45) is 11.7 Å². The zero-order chi connectivity index (χ0) is 14.5. The van der Waals surface area contributed by atoms with Crippen molar-refractivity contribution < 1.29 is 18.0 Å². The fourth-order valence-corrected chi connectivity index (χ4v) is 1.78. The summed E-state index contributed by atoms with van der Waals surface area (Å²) in [5.74, 6) is -0.938. The van der Waals surface area contributed by atoms with Gasteiger partial charge in [0.15, 0.2) is 0 Å². The summed E-state index contributed by atoms with van der Waals surface area (Å²) in [4.78, 5) is 11.9. The Kier molecular flexibility index (Phi) is 5.35. The number of alkyl halides is 3. The van der Waals surface area contributed by atoms with Crippen LogP contribution in [0.1, 0.15) is 25.3 Å². The molecule has 1 unspecified atom stereocenters. The molecule has 1 aromatic rings. The number of nitrogens with two attached hydrogens (primary N) is 1. The van der Waals surface area contributed by atoms with Crippen molar-refractivity contribution in [1.82, 2.24) is 0 Å². The van der Waals surface area contributed by atoms with Crippen molar-refractivity contribution in [3.63, 3.8) is 0 Å². The van der Waals surface area contributed by atoms with Gasteiger partial charge >= 0.3 is 6.18 Å². The molecule has 0 bridgehead atoms. The number of rotatable bonds is 5. The highest BCUT2D eigenvalue weighted by molar-refractivity contribution is 5.93. The Balaban J connectivity index is 2.91. The van der Waals surface area contributed by atoms with Gasteiger partial charge in [0, 0.05) is 6.54 Å². The van der Waals surface area contributed by atoms with Crippen molar-refractivity contribution in [2.75, 3.05) is 11.9 Å². The zero-order valence-corrected chi connectivity index (χ0v) is 10.6. The predicted molar refractivity (Wildman–Crippen MR) is 67.5 cm³/mol. The number of hydrogen-bond donors (Lipinski definition) is 2. The van der Waals surface area contributed by atoms with E-state index in [9.17, 15) is 18.0 Å². The van der Waals surface area contributed by atoms with E-state index in [1.807, 2.05) is 6.92 Å². The first-order valence-electron chi connectivity index (χ1n) is 6.07. The number of amides is 1. The van der Waals surface area contributed by atoms with Crippen LogP contribution in [0.3, 0.4) is 0 Å². The van der Waals surface area contributed by atoms with E-state index >= 15 is 0 Å². The Morgan fingerprint density at radius 2 is 2.00 bits per heavy atom. The fraction of sp³-hybridized carbons (Fsp3) is 0.462. The van der Waals surface area contributed by atoms with Crippen molar-refractivity contribution in [3.8, 4) is 0 Å². The van der Waals surface area contributed by atoms with Crippen LogP contribution >= 0.6 is 0 Å². The predicted octanol–water partition coefficient (Wildman–Crippen LogP) is 3.02. The van der Waals surface area contributed by atoms with Gasteiger partial charge in [-0.25, -0.2) is 0 Å². The van der Waals surface area contributed by atoms with Gasteiger partial charge in [-0.15, -0.1) is 0 Å². The second kappa shape index (κ2) is 6.56. The summed E-state index contributed by atoms with van der Waals surface area (Å²) in [6.07, 6.45) is -3.19. The van der Waals surface area contributed by atoms with Crippen molar-refractivity contribution in [2.45, 2.75) is 25.9 Å². The Morgan fingerprint density at radius 3 is 2.53 bits per heavy atom. The number of halogens is 3. The lowest BCUT2D eigenvalue weighted by Crippen LogP contribution is -2.30. The average Bonchev–Trinajstić information content (AvgIpc) is 2.35. The first kappa shape index (κ1) is 15.5. The molecule has 6 heteroatoms. The number of nitrogens with one attached hydrogen (secondary N) is 1. The molecule has 19 heavy (non-hydrogen) atoms. The lowest BCUT2D eigenvalue weighted by atomic mass is 10.0. The quantitative estimate of drug-likeness (QED) is 0.867. The zero-order valence-electron chi connectivity index (χ0n) is 10.6. The van der Waals surface area contributed by atoms with Gasteiger partial charge in [0.05, 0.1) is 17.2 Å².